The number of carbonyl (C=O) groups excluding carboxylic acids is 2. The second kappa shape index (κ2) is 5.52. The van der Waals surface area contributed by atoms with Crippen LogP contribution in [0.3, 0.4) is 0 Å². The smallest absolute Gasteiger partial charge is 0.312 e. The third kappa shape index (κ3) is 2.61. The highest BCUT2D eigenvalue weighted by Gasteiger charge is 2.47. The molecule has 1 aliphatic rings. The topological polar surface area (TPSA) is 52.6 Å². The maximum Gasteiger partial charge on any atom is 0.312 e. The van der Waals surface area contributed by atoms with Crippen molar-refractivity contribution in [1.29, 1.82) is 0 Å². The van der Waals surface area contributed by atoms with Crippen LogP contribution in [-0.4, -0.2) is 26.2 Å². The fourth-order valence-electron chi connectivity index (χ4n) is 2.82. The number of methoxy groups -OCH3 is 2. The van der Waals surface area contributed by atoms with Crippen LogP contribution >= 0.6 is 0 Å². The van der Waals surface area contributed by atoms with Gasteiger partial charge in [0, 0.05) is 0 Å². The average molecular weight is 242 g/mol. The Morgan fingerprint density at radius 2 is 1.88 bits per heavy atom. The lowest BCUT2D eigenvalue weighted by atomic mass is 9.63. The Morgan fingerprint density at radius 1 is 1.24 bits per heavy atom. The van der Waals surface area contributed by atoms with E-state index < -0.39 is 5.41 Å². The quantitative estimate of drug-likeness (QED) is 0.712. The van der Waals surface area contributed by atoms with Crippen LogP contribution in [0, 0.1) is 17.3 Å². The number of ether oxygens (including phenoxy) is 2. The summed E-state index contributed by atoms with van der Waals surface area (Å²) in [6, 6.07) is 0. The van der Waals surface area contributed by atoms with Gasteiger partial charge in [0.25, 0.3) is 0 Å². The molecule has 1 saturated carbocycles. The monoisotopic (exact) mass is 242 g/mol. The molecule has 0 aromatic carbocycles. The van der Waals surface area contributed by atoms with E-state index in [0.29, 0.717) is 6.42 Å². The Bertz CT molecular complexity index is 298. The summed E-state index contributed by atoms with van der Waals surface area (Å²) >= 11 is 0. The number of hydrogen-bond donors (Lipinski definition) is 0. The maximum atomic E-state index is 12.0. The van der Waals surface area contributed by atoms with Crippen LogP contribution in [0.1, 0.15) is 39.5 Å². The van der Waals surface area contributed by atoms with Gasteiger partial charge in [0.05, 0.1) is 25.6 Å². The lowest BCUT2D eigenvalue weighted by Crippen LogP contribution is -2.43. The molecule has 0 aliphatic heterocycles. The lowest BCUT2D eigenvalue weighted by molar-refractivity contribution is -0.163. The summed E-state index contributed by atoms with van der Waals surface area (Å²) in [6.45, 7) is 4.02. The van der Waals surface area contributed by atoms with Crippen molar-refractivity contribution in [2.45, 2.75) is 39.5 Å². The molecule has 0 spiro atoms. The van der Waals surface area contributed by atoms with Crippen molar-refractivity contribution < 1.29 is 19.1 Å². The molecule has 4 heteroatoms. The summed E-state index contributed by atoms with van der Waals surface area (Å²) in [5.41, 5.74) is -0.522. The van der Waals surface area contributed by atoms with Gasteiger partial charge in [-0.15, -0.1) is 0 Å². The van der Waals surface area contributed by atoms with Gasteiger partial charge in [0.15, 0.2) is 0 Å². The van der Waals surface area contributed by atoms with Gasteiger partial charge in [0.1, 0.15) is 0 Å². The Morgan fingerprint density at radius 3 is 2.35 bits per heavy atom. The van der Waals surface area contributed by atoms with Crippen LogP contribution in [0.4, 0.5) is 0 Å². The first-order valence-corrected chi connectivity index (χ1v) is 6.14. The van der Waals surface area contributed by atoms with Crippen LogP contribution in [0.2, 0.25) is 0 Å². The first kappa shape index (κ1) is 14.0. The van der Waals surface area contributed by atoms with E-state index in [1.807, 2.05) is 13.8 Å². The summed E-state index contributed by atoms with van der Waals surface area (Å²) in [7, 11) is 2.81. The highest BCUT2D eigenvalue weighted by molar-refractivity contribution is 5.79. The minimum Gasteiger partial charge on any atom is -0.469 e. The van der Waals surface area contributed by atoms with E-state index in [9.17, 15) is 9.59 Å². The molecule has 0 saturated heterocycles. The Hall–Kier alpha value is -1.06. The molecule has 0 amide bonds. The predicted molar refractivity (Wildman–Crippen MR) is 63.3 cm³/mol. The van der Waals surface area contributed by atoms with Gasteiger partial charge in [-0.2, -0.15) is 0 Å². The molecular formula is C13H22O4. The molecule has 0 bridgehead atoms. The molecule has 0 heterocycles. The van der Waals surface area contributed by atoms with Crippen molar-refractivity contribution in [2.75, 3.05) is 14.2 Å². The van der Waals surface area contributed by atoms with Gasteiger partial charge in [-0.3, -0.25) is 9.59 Å². The Labute approximate surface area is 103 Å². The molecule has 98 valence electrons. The average Bonchev–Trinajstić information content (AvgIpc) is 2.36. The summed E-state index contributed by atoms with van der Waals surface area (Å²) in [5.74, 6) is -0.405. The number of esters is 2. The number of carbonyl (C=O) groups is 2. The van der Waals surface area contributed by atoms with E-state index >= 15 is 0 Å². The molecule has 0 aromatic rings. The molecule has 17 heavy (non-hydrogen) atoms. The number of rotatable bonds is 3. The van der Waals surface area contributed by atoms with E-state index in [1.165, 1.54) is 14.2 Å². The summed E-state index contributed by atoms with van der Waals surface area (Å²) in [4.78, 5) is 23.6. The third-order valence-electron chi connectivity index (χ3n) is 4.02. The van der Waals surface area contributed by atoms with Crippen molar-refractivity contribution in [3.8, 4) is 0 Å². The van der Waals surface area contributed by atoms with Crippen LogP contribution in [0.5, 0.6) is 0 Å². The van der Waals surface area contributed by atoms with Gasteiger partial charge in [-0.1, -0.05) is 20.3 Å². The molecule has 1 fully saturated rings. The molecule has 0 aromatic heterocycles. The van der Waals surface area contributed by atoms with E-state index in [-0.39, 0.29) is 23.8 Å². The zero-order chi connectivity index (χ0) is 13.1. The minimum atomic E-state index is -0.522. The zero-order valence-electron chi connectivity index (χ0n) is 11.1. The summed E-state index contributed by atoms with van der Waals surface area (Å²) in [5, 5.41) is 0. The van der Waals surface area contributed by atoms with Crippen molar-refractivity contribution in [1.82, 2.24) is 0 Å². The first-order valence-electron chi connectivity index (χ1n) is 6.14. The maximum absolute atomic E-state index is 12.0. The fourth-order valence-corrected chi connectivity index (χ4v) is 2.82. The molecule has 2 atom stereocenters. The van der Waals surface area contributed by atoms with Crippen molar-refractivity contribution in [3.63, 3.8) is 0 Å². The zero-order valence-corrected chi connectivity index (χ0v) is 11.1. The van der Waals surface area contributed by atoms with Gasteiger partial charge in [-0.05, 0) is 25.2 Å². The molecule has 2 unspecified atom stereocenters. The van der Waals surface area contributed by atoms with Gasteiger partial charge >= 0.3 is 11.9 Å². The first-order chi connectivity index (χ1) is 7.97. The largest absolute Gasteiger partial charge is 0.469 e. The van der Waals surface area contributed by atoms with Crippen molar-refractivity contribution in [2.24, 2.45) is 17.3 Å². The van der Waals surface area contributed by atoms with Crippen LogP contribution in [-0.2, 0) is 19.1 Å². The van der Waals surface area contributed by atoms with E-state index in [2.05, 4.69) is 0 Å². The highest BCUT2D eigenvalue weighted by Crippen LogP contribution is 2.46. The van der Waals surface area contributed by atoms with Crippen LogP contribution in [0.25, 0.3) is 0 Å². The minimum absolute atomic E-state index is 0.169. The second-order valence-corrected chi connectivity index (χ2v) is 5.12. The molecule has 1 rings (SSSR count). The Balaban J connectivity index is 2.91. The molecular weight excluding hydrogens is 220 g/mol. The van der Waals surface area contributed by atoms with Crippen LogP contribution < -0.4 is 0 Å². The highest BCUT2D eigenvalue weighted by atomic mass is 16.5. The summed E-state index contributed by atoms with van der Waals surface area (Å²) < 4.78 is 9.71. The van der Waals surface area contributed by atoms with Crippen molar-refractivity contribution in [3.05, 3.63) is 0 Å². The van der Waals surface area contributed by atoms with Crippen molar-refractivity contribution >= 4 is 11.9 Å². The van der Waals surface area contributed by atoms with Gasteiger partial charge in [0.2, 0.25) is 0 Å². The molecule has 4 nitrogen and oxygen atoms in total. The van der Waals surface area contributed by atoms with E-state index in [1.54, 1.807) is 0 Å². The van der Waals surface area contributed by atoms with E-state index in [0.717, 1.165) is 19.3 Å². The van der Waals surface area contributed by atoms with E-state index in [4.69, 9.17) is 9.47 Å². The number of hydrogen-bond acceptors (Lipinski definition) is 4. The molecule has 0 radical (unpaired) electrons. The molecule has 1 aliphatic carbocycles. The normalized spacial score (nSPS) is 28.9. The van der Waals surface area contributed by atoms with Gasteiger partial charge < -0.3 is 9.47 Å². The standard InChI is InChI=1S/C13H22O4/c1-9(2)13(12(15)17-4)7-5-6-10(8-13)11(14)16-3/h9-10H,5-8H2,1-4H3. The van der Waals surface area contributed by atoms with Gasteiger partial charge in [-0.25, -0.2) is 0 Å². The SMILES string of the molecule is COC(=O)C1CCCC(C(=O)OC)(C(C)C)C1. The lowest BCUT2D eigenvalue weighted by Gasteiger charge is -2.40. The molecule has 0 N–H and O–H groups in total. The fraction of sp³-hybridized carbons (Fsp3) is 0.846. The predicted octanol–water partition coefficient (Wildman–Crippen LogP) is 2.17. The Kier molecular flexibility index (Phi) is 4.54. The third-order valence-corrected chi connectivity index (χ3v) is 4.02. The van der Waals surface area contributed by atoms with Crippen LogP contribution in [0.15, 0.2) is 0 Å². The summed E-state index contributed by atoms with van der Waals surface area (Å²) in [6.07, 6.45) is 3.01. The second-order valence-electron chi connectivity index (χ2n) is 5.12.